The van der Waals surface area contributed by atoms with Crippen LogP contribution in [0.5, 0.6) is 0 Å². The molecule has 0 amide bonds. The lowest BCUT2D eigenvalue weighted by Gasteiger charge is -2.32. The second-order valence-electron chi connectivity index (χ2n) is 2.84. The highest BCUT2D eigenvalue weighted by atomic mass is 19.3. The monoisotopic (exact) mass is 153 g/mol. The molecule has 0 aliphatic rings. The van der Waals surface area contributed by atoms with Gasteiger partial charge in [-0.05, 0) is 0 Å². The molecule has 0 aliphatic carbocycles. The average Bonchev–Trinajstić information content (AvgIpc) is 1.62. The molecule has 0 aromatic carbocycles. The van der Waals surface area contributed by atoms with Crippen molar-refractivity contribution < 1.29 is 23.2 Å². The fourth-order valence-electron chi connectivity index (χ4n) is 0.274. The van der Waals surface area contributed by atoms with Crippen LogP contribution in [0, 0.1) is 0 Å². The Balaban J connectivity index is 4.57. The third kappa shape index (κ3) is 1.41. The molecular formula is C5H9F2NO2. The second kappa shape index (κ2) is 2.16. The van der Waals surface area contributed by atoms with Crippen LogP contribution in [0.3, 0.4) is 0 Å². The zero-order valence-corrected chi connectivity index (χ0v) is 6.02. The number of likely N-dealkylation sites (N-methyl/N-ethyl adjacent to an activating group) is 1. The van der Waals surface area contributed by atoms with Crippen LogP contribution in [0.4, 0.5) is 8.78 Å². The van der Waals surface area contributed by atoms with Crippen molar-refractivity contribution >= 4 is 5.97 Å². The number of rotatable bonds is 2. The van der Waals surface area contributed by atoms with Crippen molar-refractivity contribution in [2.45, 2.75) is 6.05 Å². The third-order valence-electron chi connectivity index (χ3n) is 1.09. The Labute approximate surface area is 57.5 Å². The minimum absolute atomic E-state index is 0.963. The number of alkyl halides is 2. The highest BCUT2D eigenvalue weighted by Gasteiger charge is 2.46. The minimum Gasteiger partial charge on any atom is -0.539 e. The molecule has 60 valence electrons. The summed E-state index contributed by atoms with van der Waals surface area (Å²) in [6.45, 7) is 0. The average molecular weight is 153 g/mol. The molecule has 5 heteroatoms. The maximum Gasteiger partial charge on any atom is 0.432 e. The Kier molecular flexibility index (Phi) is 2.00. The fourth-order valence-corrected chi connectivity index (χ4v) is 0.274. The molecule has 0 saturated carbocycles. The normalized spacial score (nSPS) is 13.3. The SMILES string of the molecule is C[N+](C)(C)C(F)(F)C(=O)[O-]. The molecular weight excluding hydrogens is 144 g/mol. The van der Waals surface area contributed by atoms with Crippen molar-refractivity contribution in [3.05, 3.63) is 0 Å². The summed E-state index contributed by atoms with van der Waals surface area (Å²) in [5, 5.41) is 9.79. The Morgan fingerprint density at radius 3 is 1.70 bits per heavy atom. The molecule has 0 rings (SSSR count). The van der Waals surface area contributed by atoms with Gasteiger partial charge in [0.05, 0.1) is 21.1 Å². The summed E-state index contributed by atoms with van der Waals surface area (Å²) in [4.78, 5) is 9.79. The lowest BCUT2D eigenvalue weighted by atomic mass is 10.4. The van der Waals surface area contributed by atoms with Gasteiger partial charge in [0.25, 0.3) is 0 Å². The van der Waals surface area contributed by atoms with E-state index in [1.807, 2.05) is 0 Å². The van der Waals surface area contributed by atoms with Gasteiger partial charge in [0.1, 0.15) is 0 Å². The first kappa shape index (κ1) is 9.29. The van der Waals surface area contributed by atoms with E-state index in [1.54, 1.807) is 0 Å². The molecule has 0 aromatic rings. The van der Waals surface area contributed by atoms with Gasteiger partial charge in [0.2, 0.25) is 0 Å². The van der Waals surface area contributed by atoms with Crippen LogP contribution in [0.15, 0.2) is 0 Å². The first-order valence-corrected chi connectivity index (χ1v) is 2.60. The van der Waals surface area contributed by atoms with Crippen LogP contribution in [-0.4, -0.2) is 37.6 Å². The molecule has 0 fully saturated rings. The van der Waals surface area contributed by atoms with Gasteiger partial charge < -0.3 is 9.90 Å². The second-order valence-corrected chi connectivity index (χ2v) is 2.84. The number of hydrogen-bond acceptors (Lipinski definition) is 2. The van der Waals surface area contributed by atoms with Crippen LogP contribution in [-0.2, 0) is 4.79 Å². The number of carbonyl (C=O) groups excluding carboxylic acids is 1. The molecule has 3 nitrogen and oxygen atoms in total. The standard InChI is InChI=1S/C5H9F2NO2/c1-8(2,3)5(6,7)4(9)10/h1-3H3. The van der Waals surface area contributed by atoms with Gasteiger partial charge in [-0.15, -0.1) is 8.78 Å². The number of halogens is 2. The topological polar surface area (TPSA) is 40.1 Å². The number of nitrogens with zero attached hydrogens (tertiary/aromatic N) is 1. The van der Waals surface area contributed by atoms with E-state index in [1.165, 1.54) is 0 Å². The quantitative estimate of drug-likeness (QED) is 0.378. The molecule has 0 aromatic heterocycles. The van der Waals surface area contributed by atoms with Gasteiger partial charge in [-0.3, -0.25) is 4.48 Å². The smallest absolute Gasteiger partial charge is 0.432 e. The molecule has 0 heterocycles. The Bertz CT molecular complexity index is 150. The minimum atomic E-state index is -3.82. The zero-order valence-electron chi connectivity index (χ0n) is 6.02. The fraction of sp³-hybridized carbons (Fsp3) is 0.800. The molecule has 0 N–H and O–H groups in total. The number of carboxylic acids is 1. The van der Waals surface area contributed by atoms with Gasteiger partial charge in [-0.25, -0.2) is 0 Å². The summed E-state index contributed by atoms with van der Waals surface area (Å²) >= 11 is 0. The van der Waals surface area contributed by atoms with Crippen molar-refractivity contribution in [3.63, 3.8) is 0 Å². The Morgan fingerprint density at radius 1 is 1.40 bits per heavy atom. The maximum atomic E-state index is 12.4. The summed E-state index contributed by atoms with van der Waals surface area (Å²) in [6.07, 6.45) is 0. The summed E-state index contributed by atoms with van der Waals surface area (Å²) in [5.74, 6) is -2.35. The van der Waals surface area contributed by atoms with Gasteiger partial charge in [-0.1, -0.05) is 0 Å². The van der Waals surface area contributed by atoms with E-state index in [0.29, 0.717) is 0 Å². The van der Waals surface area contributed by atoms with Crippen molar-refractivity contribution in [1.29, 1.82) is 0 Å². The van der Waals surface area contributed by atoms with Crippen molar-refractivity contribution in [1.82, 2.24) is 0 Å². The number of carbonyl (C=O) groups is 1. The van der Waals surface area contributed by atoms with Crippen LogP contribution in [0.1, 0.15) is 0 Å². The predicted molar refractivity (Wildman–Crippen MR) is 28.0 cm³/mol. The first-order valence-electron chi connectivity index (χ1n) is 2.60. The predicted octanol–water partition coefficient (Wildman–Crippen LogP) is -0.965. The third-order valence-corrected chi connectivity index (χ3v) is 1.09. The Morgan fingerprint density at radius 2 is 1.70 bits per heavy atom. The summed E-state index contributed by atoms with van der Waals surface area (Å²) in [5.41, 5.74) is 0. The van der Waals surface area contributed by atoms with E-state index in [9.17, 15) is 18.7 Å². The first-order chi connectivity index (χ1) is 4.19. The largest absolute Gasteiger partial charge is 0.539 e. The number of aliphatic carboxylic acids is 1. The van der Waals surface area contributed by atoms with Crippen molar-refractivity contribution in [2.75, 3.05) is 21.1 Å². The highest BCUT2D eigenvalue weighted by molar-refractivity contribution is 5.70. The van der Waals surface area contributed by atoms with E-state index >= 15 is 0 Å². The molecule has 10 heavy (non-hydrogen) atoms. The molecule has 0 unspecified atom stereocenters. The van der Waals surface area contributed by atoms with Crippen LogP contribution < -0.4 is 5.11 Å². The van der Waals surface area contributed by atoms with Crippen LogP contribution >= 0.6 is 0 Å². The molecule has 0 atom stereocenters. The van der Waals surface area contributed by atoms with Crippen molar-refractivity contribution in [2.24, 2.45) is 0 Å². The summed E-state index contributed by atoms with van der Waals surface area (Å²) in [6, 6.07) is -3.82. The van der Waals surface area contributed by atoms with E-state index in [0.717, 1.165) is 21.1 Å². The molecule has 0 bridgehead atoms. The van der Waals surface area contributed by atoms with Gasteiger partial charge in [0.15, 0.2) is 5.97 Å². The molecule has 0 saturated heterocycles. The van der Waals surface area contributed by atoms with Crippen molar-refractivity contribution in [3.8, 4) is 0 Å². The number of carboxylic acid groups (broad SMARTS) is 1. The molecule has 0 aliphatic heterocycles. The maximum absolute atomic E-state index is 12.4. The molecule has 0 spiro atoms. The molecule has 0 radical (unpaired) electrons. The van der Waals surface area contributed by atoms with Gasteiger partial charge >= 0.3 is 6.05 Å². The lowest BCUT2D eigenvalue weighted by Crippen LogP contribution is -2.60. The van der Waals surface area contributed by atoms with Crippen LogP contribution in [0.25, 0.3) is 0 Å². The van der Waals surface area contributed by atoms with E-state index < -0.39 is 16.5 Å². The van der Waals surface area contributed by atoms with E-state index in [-0.39, 0.29) is 0 Å². The summed E-state index contributed by atoms with van der Waals surface area (Å²) in [7, 11) is 3.24. The number of hydrogen-bond donors (Lipinski definition) is 0. The summed E-state index contributed by atoms with van der Waals surface area (Å²) < 4.78 is 23.8. The van der Waals surface area contributed by atoms with Gasteiger partial charge in [0, 0.05) is 0 Å². The van der Waals surface area contributed by atoms with Crippen LogP contribution in [0.2, 0.25) is 0 Å². The lowest BCUT2D eigenvalue weighted by molar-refractivity contribution is -0.951. The number of quaternary nitrogens is 1. The van der Waals surface area contributed by atoms with E-state index in [4.69, 9.17) is 0 Å². The Hall–Kier alpha value is -0.710. The van der Waals surface area contributed by atoms with Gasteiger partial charge in [-0.2, -0.15) is 0 Å². The van der Waals surface area contributed by atoms with E-state index in [2.05, 4.69) is 0 Å². The zero-order chi connectivity index (χ0) is 8.58. The highest BCUT2D eigenvalue weighted by Crippen LogP contribution is 2.20.